The van der Waals surface area contributed by atoms with Crippen LogP contribution in [0, 0.1) is 12.8 Å². The second-order valence-electron chi connectivity index (χ2n) is 7.30. The summed E-state index contributed by atoms with van der Waals surface area (Å²) in [6.45, 7) is 2.00. The van der Waals surface area contributed by atoms with Crippen LogP contribution in [0.3, 0.4) is 0 Å². The van der Waals surface area contributed by atoms with E-state index in [0.29, 0.717) is 17.9 Å². The Hall–Kier alpha value is -1.74. The van der Waals surface area contributed by atoms with Crippen molar-refractivity contribution in [3.63, 3.8) is 0 Å². The van der Waals surface area contributed by atoms with Crippen molar-refractivity contribution >= 4 is 16.7 Å². The molecule has 0 amide bonds. The summed E-state index contributed by atoms with van der Waals surface area (Å²) in [6, 6.07) is 11.3. The molecule has 2 bridgehead atoms. The minimum atomic E-state index is 0.192. The Kier molecular flexibility index (Phi) is 3.68. The van der Waals surface area contributed by atoms with Crippen molar-refractivity contribution in [1.82, 2.24) is 9.88 Å². The van der Waals surface area contributed by atoms with Crippen molar-refractivity contribution < 1.29 is 4.79 Å². The second-order valence-corrected chi connectivity index (χ2v) is 7.30. The molecule has 2 unspecified atom stereocenters. The number of piperidine rings is 2. The zero-order valence-electron chi connectivity index (χ0n) is 14.0. The van der Waals surface area contributed by atoms with Gasteiger partial charge in [0.05, 0.1) is 5.52 Å². The molecule has 120 valence electrons. The number of rotatable bonds is 2. The Balaban J connectivity index is 1.60. The lowest BCUT2D eigenvalue weighted by atomic mass is 9.76. The van der Waals surface area contributed by atoms with Crippen LogP contribution in [0.5, 0.6) is 0 Å². The molecular formula is C20H24N2O. The zero-order valence-corrected chi connectivity index (χ0v) is 14.0. The molecule has 3 heterocycles. The fraction of sp³-hybridized carbons (Fsp3) is 0.500. The van der Waals surface area contributed by atoms with Gasteiger partial charge >= 0.3 is 0 Å². The average molecular weight is 308 g/mol. The van der Waals surface area contributed by atoms with Crippen molar-refractivity contribution in [2.45, 2.75) is 51.1 Å². The number of carbonyl (C=O) groups is 1. The SMILES string of the molecule is Cc1ccc2cc(C(=O)C3CC4CCCC(C3)N4C)ccc2n1. The number of fused-ring (bicyclic) bond motifs is 3. The summed E-state index contributed by atoms with van der Waals surface area (Å²) in [4.78, 5) is 20.1. The minimum Gasteiger partial charge on any atom is -0.300 e. The summed E-state index contributed by atoms with van der Waals surface area (Å²) < 4.78 is 0. The van der Waals surface area contributed by atoms with E-state index in [1.807, 2.05) is 31.2 Å². The van der Waals surface area contributed by atoms with Gasteiger partial charge in [-0.2, -0.15) is 0 Å². The molecule has 2 aliphatic heterocycles. The first-order valence-electron chi connectivity index (χ1n) is 8.75. The Morgan fingerprint density at radius 3 is 2.61 bits per heavy atom. The van der Waals surface area contributed by atoms with Crippen LogP contribution in [0.1, 0.15) is 48.2 Å². The fourth-order valence-corrected chi connectivity index (χ4v) is 4.45. The van der Waals surface area contributed by atoms with Crippen molar-refractivity contribution in [3.05, 3.63) is 41.6 Å². The van der Waals surface area contributed by atoms with Crippen LogP contribution in [-0.4, -0.2) is 34.8 Å². The number of hydrogen-bond donors (Lipinski definition) is 0. The van der Waals surface area contributed by atoms with Crippen molar-refractivity contribution in [3.8, 4) is 0 Å². The number of benzene rings is 1. The molecule has 23 heavy (non-hydrogen) atoms. The zero-order chi connectivity index (χ0) is 16.0. The van der Waals surface area contributed by atoms with E-state index in [1.165, 1.54) is 19.3 Å². The summed E-state index contributed by atoms with van der Waals surface area (Å²) in [5.74, 6) is 0.523. The summed E-state index contributed by atoms with van der Waals surface area (Å²) >= 11 is 0. The van der Waals surface area contributed by atoms with Crippen LogP contribution >= 0.6 is 0 Å². The van der Waals surface area contributed by atoms with E-state index in [0.717, 1.165) is 35.0 Å². The quantitative estimate of drug-likeness (QED) is 0.787. The first-order chi connectivity index (χ1) is 11.1. The first kappa shape index (κ1) is 14.8. The van der Waals surface area contributed by atoms with Gasteiger partial charge in [-0.15, -0.1) is 0 Å². The maximum Gasteiger partial charge on any atom is 0.166 e. The van der Waals surface area contributed by atoms with Crippen LogP contribution in [0.15, 0.2) is 30.3 Å². The van der Waals surface area contributed by atoms with Gasteiger partial charge in [0.1, 0.15) is 0 Å². The van der Waals surface area contributed by atoms with Gasteiger partial charge in [-0.05, 0) is 63.9 Å². The molecule has 1 aromatic heterocycles. The molecule has 2 aliphatic rings. The summed E-state index contributed by atoms with van der Waals surface area (Å²) in [5.41, 5.74) is 2.84. The molecule has 4 rings (SSSR count). The van der Waals surface area contributed by atoms with Crippen LogP contribution in [0.25, 0.3) is 10.9 Å². The minimum absolute atomic E-state index is 0.192. The molecule has 0 aliphatic carbocycles. The normalized spacial score (nSPS) is 28.0. The highest BCUT2D eigenvalue weighted by molar-refractivity contribution is 6.01. The number of hydrogen-bond acceptors (Lipinski definition) is 3. The third-order valence-electron chi connectivity index (χ3n) is 5.82. The largest absolute Gasteiger partial charge is 0.300 e. The Morgan fingerprint density at radius 1 is 1.13 bits per heavy atom. The van der Waals surface area contributed by atoms with E-state index in [1.54, 1.807) is 0 Å². The van der Waals surface area contributed by atoms with E-state index in [-0.39, 0.29) is 5.92 Å². The molecule has 2 fully saturated rings. The van der Waals surface area contributed by atoms with E-state index in [2.05, 4.69) is 23.0 Å². The average Bonchev–Trinajstić information content (AvgIpc) is 2.53. The molecule has 0 saturated carbocycles. The predicted octanol–water partition coefficient (Wildman–Crippen LogP) is 3.99. The lowest BCUT2D eigenvalue weighted by molar-refractivity contribution is 0.0338. The highest BCUT2D eigenvalue weighted by Crippen LogP contribution is 2.37. The maximum absolute atomic E-state index is 13.0. The van der Waals surface area contributed by atoms with E-state index >= 15 is 0 Å². The molecular weight excluding hydrogens is 284 g/mol. The monoisotopic (exact) mass is 308 g/mol. The topological polar surface area (TPSA) is 33.2 Å². The standard InChI is InChI=1S/C20H24N2O/c1-13-6-7-14-10-15(8-9-19(14)21-13)20(23)16-11-17-4-3-5-18(12-16)22(17)2/h6-10,16-18H,3-5,11-12H2,1-2H3. The van der Waals surface area contributed by atoms with E-state index in [9.17, 15) is 4.79 Å². The van der Waals surface area contributed by atoms with E-state index in [4.69, 9.17) is 0 Å². The Bertz CT molecular complexity index is 740. The summed E-state index contributed by atoms with van der Waals surface area (Å²) in [6.07, 6.45) is 5.86. The third-order valence-corrected chi connectivity index (χ3v) is 5.82. The van der Waals surface area contributed by atoms with Crippen molar-refractivity contribution in [2.75, 3.05) is 7.05 Å². The lowest BCUT2D eigenvalue weighted by Gasteiger charge is -2.46. The second kappa shape index (κ2) is 5.72. The highest BCUT2D eigenvalue weighted by atomic mass is 16.1. The third kappa shape index (κ3) is 2.67. The molecule has 2 atom stereocenters. The van der Waals surface area contributed by atoms with Crippen LogP contribution in [0.4, 0.5) is 0 Å². The molecule has 1 aromatic carbocycles. The molecule has 2 saturated heterocycles. The first-order valence-corrected chi connectivity index (χ1v) is 8.75. The number of ketones is 1. The molecule has 3 heteroatoms. The van der Waals surface area contributed by atoms with Crippen LogP contribution in [-0.2, 0) is 0 Å². The number of aryl methyl sites for hydroxylation is 1. The van der Waals surface area contributed by atoms with Gasteiger partial charge in [0, 0.05) is 34.6 Å². The molecule has 0 radical (unpaired) electrons. The van der Waals surface area contributed by atoms with Gasteiger partial charge < -0.3 is 4.90 Å². The Morgan fingerprint density at radius 2 is 1.87 bits per heavy atom. The van der Waals surface area contributed by atoms with Crippen LogP contribution < -0.4 is 0 Å². The van der Waals surface area contributed by atoms with Gasteiger partial charge in [0.2, 0.25) is 0 Å². The molecule has 0 spiro atoms. The molecule has 2 aromatic rings. The number of aromatic nitrogens is 1. The number of pyridine rings is 1. The van der Waals surface area contributed by atoms with Gasteiger partial charge in [0.15, 0.2) is 5.78 Å². The smallest absolute Gasteiger partial charge is 0.166 e. The van der Waals surface area contributed by atoms with Gasteiger partial charge in [-0.25, -0.2) is 0 Å². The summed E-state index contributed by atoms with van der Waals surface area (Å²) in [5, 5.41) is 1.06. The molecule has 0 N–H and O–H groups in total. The van der Waals surface area contributed by atoms with Crippen molar-refractivity contribution in [1.29, 1.82) is 0 Å². The summed E-state index contributed by atoms with van der Waals surface area (Å²) in [7, 11) is 2.24. The number of nitrogens with zero attached hydrogens (tertiary/aromatic N) is 2. The van der Waals surface area contributed by atoms with Gasteiger partial charge in [0.25, 0.3) is 0 Å². The maximum atomic E-state index is 13.0. The van der Waals surface area contributed by atoms with Gasteiger partial charge in [-0.1, -0.05) is 12.5 Å². The van der Waals surface area contributed by atoms with Gasteiger partial charge in [-0.3, -0.25) is 9.78 Å². The number of carbonyl (C=O) groups excluding carboxylic acids is 1. The Labute approximate surface area is 137 Å². The van der Waals surface area contributed by atoms with Crippen LogP contribution in [0.2, 0.25) is 0 Å². The number of Topliss-reactive ketones (excluding diaryl/α,β-unsaturated/α-hetero) is 1. The molecule has 3 nitrogen and oxygen atoms in total. The fourth-order valence-electron chi connectivity index (χ4n) is 4.45. The van der Waals surface area contributed by atoms with E-state index < -0.39 is 0 Å². The van der Waals surface area contributed by atoms with Crippen molar-refractivity contribution in [2.24, 2.45) is 5.92 Å². The predicted molar refractivity (Wildman–Crippen MR) is 92.7 cm³/mol. The lowest BCUT2D eigenvalue weighted by Crippen LogP contribution is -2.51. The highest BCUT2D eigenvalue weighted by Gasteiger charge is 2.38.